The van der Waals surface area contributed by atoms with Gasteiger partial charge in [-0.05, 0) is 116 Å². The Morgan fingerprint density at radius 1 is 0.269 bits per heavy atom. The molecule has 0 aliphatic heterocycles. The third-order valence-corrected chi connectivity index (χ3v) is 13.7. The van der Waals surface area contributed by atoms with Crippen LogP contribution in [0.2, 0.25) is 0 Å². The number of allylic oxidation sites excluding steroid dienone is 20. The first-order valence-corrected chi connectivity index (χ1v) is 32.5. The minimum absolute atomic E-state index is 0.103. The molecule has 0 aliphatic rings. The maximum Gasteiger partial charge on any atom is 0.306 e. The van der Waals surface area contributed by atoms with E-state index in [0.717, 1.165) is 122 Å². The van der Waals surface area contributed by atoms with Crippen LogP contribution in [0.3, 0.4) is 0 Å². The van der Waals surface area contributed by atoms with Gasteiger partial charge in [0.2, 0.25) is 0 Å². The zero-order chi connectivity index (χ0) is 56.4. The van der Waals surface area contributed by atoms with Gasteiger partial charge in [-0.2, -0.15) is 0 Å². The van der Waals surface area contributed by atoms with Crippen LogP contribution >= 0.6 is 0 Å². The first-order valence-electron chi connectivity index (χ1n) is 32.5. The Morgan fingerprint density at radius 2 is 0.513 bits per heavy atom. The summed E-state index contributed by atoms with van der Waals surface area (Å²) < 4.78 is 16.8. The molecular formula is C72H120O6. The molecule has 0 heterocycles. The summed E-state index contributed by atoms with van der Waals surface area (Å²) in [4.78, 5) is 38.2. The van der Waals surface area contributed by atoms with Crippen molar-refractivity contribution in [3.8, 4) is 0 Å². The average molecular weight is 1080 g/mol. The van der Waals surface area contributed by atoms with Gasteiger partial charge >= 0.3 is 17.9 Å². The molecule has 444 valence electrons. The maximum absolute atomic E-state index is 12.8. The lowest BCUT2D eigenvalue weighted by molar-refractivity contribution is -0.167. The number of unbranched alkanes of at least 4 members (excludes halogenated alkanes) is 27. The van der Waals surface area contributed by atoms with Crippen LogP contribution in [0.5, 0.6) is 0 Å². The smallest absolute Gasteiger partial charge is 0.306 e. The van der Waals surface area contributed by atoms with E-state index in [-0.39, 0.29) is 37.5 Å². The van der Waals surface area contributed by atoms with Crippen LogP contribution in [-0.2, 0) is 28.6 Å². The second kappa shape index (κ2) is 65.3. The normalized spacial score (nSPS) is 12.9. The molecule has 0 bridgehead atoms. The van der Waals surface area contributed by atoms with Gasteiger partial charge in [0.05, 0.1) is 0 Å². The second-order valence-corrected chi connectivity index (χ2v) is 21.3. The topological polar surface area (TPSA) is 78.9 Å². The molecule has 0 amide bonds. The van der Waals surface area contributed by atoms with Gasteiger partial charge in [-0.25, -0.2) is 0 Å². The molecule has 6 heteroatoms. The molecule has 0 saturated heterocycles. The van der Waals surface area contributed by atoms with Gasteiger partial charge in [0.15, 0.2) is 6.10 Å². The first kappa shape index (κ1) is 73.8. The predicted octanol–water partition coefficient (Wildman–Crippen LogP) is 22.4. The number of esters is 3. The van der Waals surface area contributed by atoms with Gasteiger partial charge in [0.1, 0.15) is 13.2 Å². The standard InChI is InChI=1S/C72H120O6/c1-4-7-10-13-16-19-22-24-26-28-29-30-31-32-33-34-35-36-37-38-39-40-41-42-43-45-46-48-50-53-56-59-62-65-71(74)77-68-69(67-76-70(73)64-61-58-55-52-21-18-15-12-9-6-3)78-72(75)66-63-60-57-54-51-49-47-44-27-25-23-20-17-14-11-8-5-2/h7-8,10-12,15-17,19-20,24-27,29-30,47,49,54,57,69H,4-6,9,13-14,18,21-23,28,31-46,48,50-53,55-56,58-68H2,1-3H3/b10-7-,11-8-,15-12-,19-16-,20-17-,26-24-,27-25-,30-29-,49-47-,57-54-. The summed E-state index contributed by atoms with van der Waals surface area (Å²) in [6, 6.07) is 0. The Hall–Kier alpha value is -4.19. The minimum Gasteiger partial charge on any atom is -0.462 e. The van der Waals surface area contributed by atoms with Crippen molar-refractivity contribution in [3.05, 3.63) is 122 Å². The van der Waals surface area contributed by atoms with Crippen molar-refractivity contribution in [2.45, 2.75) is 303 Å². The second-order valence-electron chi connectivity index (χ2n) is 21.3. The van der Waals surface area contributed by atoms with Gasteiger partial charge in [-0.15, -0.1) is 0 Å². The highest BCUT2D eigenvalue weighted by molar-refractivity contribution is 5.71. The molecular weight excluding hydrogens is 961 g/mol. The van der Waals surface area contributed by atoms with Crippen molar-refractivity contribution in [1.29, 1.82) is 0 Å². The Kier molecular flexibility index (Phi) is 61.8. The highest BCUT2D eigenvalue weighted by Crippen LogP contribution is 2.17. The van der Waals surface area contributed by atoms with E-state index in [1.807, 2.05) is 0 Å². The van der Waals surface area contributed by atoms with E-state index >= 15 is 0 Å². The van der Waals surface area contributed by atoms with Crippen molar-refractivity contribution >= 4 is 17.9 Å². The Bertz CT molecular complexity index is 1620. The number of carbonyl (C=O) groups excluding carboxylic acids is 3. The molecule has 0 spiro atoms. The van der Waals surface area contributed by atoms with Crippen LogP contribution in [-0.4, -0.2) is 37.2 Å². The first-order chi connectivity index (χ1) is 38.5. The quantitative estimate of drug-likeness (QED) is 0.0261. The summed E-state index contributed by atoms with van der Waals surface area (Å²) in [6.45, 7) is 6.31. The number of hydrogen-bond acceptors (Lipinski definition) is 6. The summed E-state index contributed by atoms with van der Waals surface area (Å²) >= 11 is 0. The fourth-order valence-electron chi connectivity index (χ4n) is 8.89. The molecule has 0 radical (unpaired) electrons. The molecule has 0 N–H and O–H groups in total. The van der Waals surface area contributed by atoms with Crippen LogP contribution in [0.1, 0.15) is 297 Å². The van der Waals surface area contributed by atoms with Gasteiger partial charge in [0, 0.05) is 19.3 Å². The zero-order valence-corrected chi connectivity index (χ0v) is 50.9. The molecule has 0 aromatic carbocycles. The fourth-order valence-corrected chi connectivity index (χ4v) is 8.89. The van der Waals surface area contributed by atoms with Crippen molar-refractivity contribution in [2.24, 2.45) is 0 Å². The molecule has 0 saturated carbocycles. The summed E-state index contributed by atoms with van der Waals surface area (Å²) in [7, 11) is 0. The van der Waals surface area contributed by atoms with Crippen LogP contribution in [0.4, 0.5) is 0 Å². The van der Waals surface area contributed by atoms with E-state index < -0.39 is 6.10 Å². The lowest BCUT2D eigenvalue weighted by Gasteiger charge is -2.18. The van der Waals surface area contributed by atoms with Crippen LogP contribution in [0, 0.1) is 0 Å². The van der Waals surface area contributed by atoms with E-state index in [0.29, 0.717) is 19.3 Å². The number of hydrogen-bond donors (Lipinski definition) is 0. The molecule has 1 atom stereocenters. The Labute approximate surface area is 482 Å². The molecule has 0 fully saturated rings. The lowest BCUT2D eigenvalue weighted by atomic mass is 10.0. The SMILES string of the molecule is CC/C=C\C/C=C\C/C=C\C/C=C\C/C=C\CCCC(=O)OC(COC(=O)CCCCCCC/C=C\CCC)COC(=O)CCCCCCCCCCCCCCCCCCCCCC/C=C\C/C=C\C/C=C\C/C=C\CC. The highest BCUT2D eigenvalue weighted by atomic mass is 16.6. The Balaban J connectivity index is 4.15. The number of rotatable bonds is 58. The Morgan fingerprint density at radius 3 is 0.833 bits per heavy atom. The van der Waals surface area contributed by atoms with Crippen molar-refractivity contribution < 1.29 is 28.6 Å². The van der Waals surface area contributed by atoms with E-state index in [4.69, 9.17) is 14.2 Å². The number of ether oxygens (including phenoxy) is 3. The summed E-state index contributed by atoms with van der Waals surface area (Å²) in [6.07, 6.45) is 91.0. The van der Waals surface area contributed by atoms with Crippen molar-refractivity contribution in [1.82, 2.24) is 0 Å². The van der Waals surface area contributed by atoms with E-state index in [9.17, 15) is 14.4 Å². The van der Waals surface area contributed by atoms with Gasteiger partial charge in [-0.1, -0.05) is 284 Å². The van der Waals surface area contributed by atoms with E-state index in [1.165, 1.54) is 128 Å². The van der Waals surface area contributed by atoms with Crippen LogP contribution in [0.25, 0.3) is 0 Å². The van der Waals surface area contributed by atoms with E-state index in [2.05, 4.69) is 142 Å². The zero-order valence-electron chi connectivity index (χ0n) is 50.9. The van der Waals surface area contributed by atoms with E-state index in [1.54, 1.807) is 0 Å². The summed E-state index contributed by atoms with van der Waals surface area (Å²) in [5.41, 5.74) is 0. The maximum atomic E-state index is 12.8. The summed E-state index contributed by atoms with van der Waals surface area (Å²) in [5.74, 6) is -0.968. The minimum atomic E-state index is -0.811. The molecule has 6 nitrogen and oxygen atoms in total. The van der Waals surface area contributed by atoms with Gasteiger partial charge < -0.3 is 14.2 Å². The lowest BCUT2D eigenvalue weighted by Crippen LogP contribution is -2.30. The fraction of sp³-hybridized carbons (Fsp3) is 0.681. The van der Waals surface area contributed by atoms with Crippen LogP contribution < -0.4 is 0 Å². The third-order valence-electron chi connectivity index (χ3n) is 13.7. The number of carbonyl (C=O) groups is 3. The monoisotopic (exact) mass is 1080 g/mol. The molecule has 1 unspecified atom stereocenters. The highest BCUT2D eigenvalue weighted by Gasteiger charge is 2.19. The van der Waals surface area contributed by atoms with Crippen molar-refractivity contribution in [3.63, 3.8) is 0 Å². The largest absolute Gasteiger partial charge is 0.462 e. The van der Waals surface area contributed by atoms with Gasteiger partial charge in [0.25, 0.3) is 0 Å². The molecule has 78 heavy (non-hydrogen) atoms. The predicted molar refractivity (Wildman–Crippen MR) is 339 cm³/mol. The van der Waals surface area contributed by atoms with Crippen LogP contribution in [0.15, 0.2) is 122 Å². The average Bonchev–Trinajstić information content (AvgIpc) is 3.44. The third kappa shape index (κ3) is 62.7. The van der Waals surface area contributed by atoms with Gasteiger partial charge in [-0.3, -0.25) is 14.4 Å². The summed E-state index contributed by atoms with van der Waals surface area (Å²) in [5, 5.41) is 0. The molecule has 0 aromatic heterocycles. The molecule has 0 rings (SSSR count). The van der Waals surface area contributed by atoms with Crippen molar-refractivity contribution in [2.75, 3.05) is 13.2 Å². The molecule has 0 aliphatic carbocycles. The molecule has 0 aromatic rings.